The highest BCUT2D eigenvalue weighted by Gasteiger charge is 2.15. The molecule has 2 rings (SSSR count). The number of aryl methyl sites for hydroxylation is 2. The van der Waals surface area contributed by atoms with Gasteiger partial charge in [-0.15, -0.1) is 11.3 Å². The van der Waals surface area contributed by atoms with Crippen LogP contribution in [0.2, 0.25) is 0 Å². The van der Waals surface area contributed by atoms with E-state index in [0.717, 1.165) is 22.0 Å². The van der Waals surface area contributed by atoms with E-state index < -0.39 is 0 Å². The lowest BCUT2D eigenvalue weighted by molar-refractivity contribution is 0.103. The lowest BCUT2D eigenvalue weighted by Crippen LogP contribution is -2.11. The first kappa shape index (κ1) is 13.7. The number of carbonyl (C=O) groups excluding carboxylic acids is 1. The summed E-state index contributed by atoms with van der Waals surface area (Å²) in [6, 6.07) is 7.72. The summed E-state index contributed by atoms with van der Waals surface area (Å²) in [4.78, 5) is 17.2. The molecule has 1 aromatic carbocycles. The van der Waals surface area contributed by atoms with E-state index in [9.17, 15) is 4.79 Å². The van der Waals surface area contributed by atoms with Crippen LogP contribution < -0.4 is 11.1 Å². The molecule has 4 nitrogen and oxygen atoms in total. The summed E-state index contributed by atoms with van der Waals surface area (Å²) in [6.07, 6.45) is 0.712. The molecule has 0 atom stereocenters. The van der Waals surface area contributed by atoms with E-state index in [1.54, 1.807) is 0 Å². The number of nitrogens with zero attached hydrogens (tertiary/aromatic N) is 1. The molecule has 1 heterocycles. The van der Waals surface area contributed by atoms with Crippen LogP contribution in [-0.2, 0) is 6.42 Å². The first-order chi connectivity index (χ1) is 9.10. The Bertz CT molecular complexity index is 575. The van der Waals surface area contributed by atoms with Gasteiger partial charge in [0, 0.05) is 12.1 Å². The first-order valence-electron chi connectivity index (χ1n) is 6.14. The number of aromatic nitrogens is 1. The van der Waals surface area contributed by atoms with Crippen LogP contribution in [0.3, 0.4) is 0 Å². The molecule has 0 bridgehead atoms. The smallest absolute Gasteiger partial charge is 0.267 e. The van der Waals surface area contributed by atoms with Crippen molar-refractivity contribution in [3.8, 4) is 0 Å². The number of thiazole rings is 1. The molecule has 0 fully saturated rings. The topological polar surface area (TPSA) is 68.0 Å². The Hall–Kier alpha value is -1.72. The predicted molar refractivity (Wildman–Crippen MR) is 78.7 cm³/mol. The van der Waals surface area contributed by atoms with Crippen LogP contribution in [-0.4, -0.2) is 17.4 Å². The molecular formula is C14H17N3OS. The molecule has 3 N–H and O–H groups in total. The molecule has 1 aromatic heterocycles. The van der Waals surface area contributed by atoms with Gasteiger partial charge in [-0.1, -0.05) is 17.7 Å². The quantitative estimate of drug-likeness (QED) is 0.901. The second-order valence-electron chi connectivity index (χ2n) is 4.38. The standard InChI is InChI=1S/C14H17N3OS/c1-9-3-5-11(6-4-9)17-14(18)13-10(2)16-12(19-13)7-8-15/h3-6H,7-8,15H2,1-2H3,(H,17,18). The van der Waals surface area contributed by atoms with Crippen LogP contribution in [0.5, 0.6) is 0 Å². The van der Waals surface area contributed by atoms with Crippen molar-refractivity contribution in [2.24, 2.45) is 5.73 Å². The Kier molecular flexibility index (Phi) is 4.29. The Morgan fingerprint density at radius 2 is 2.00 bits per heavy atom. The Labute approximate surface area is 116 Å². The second-order valence-corrected chi connectivity index (χ2v) is 5.46. The van der Waals surface area contributed by atoms with Gasteiger partial charge >= 0.3 is 0 Å². The molecule has 0 spiro atoms. The monoisotopic (exact) mass is 275 g/mol. The number of nitrogens with one attached hydrogen (secondary N) is 1. The van der Waals surface area contributed by atoms with Gasteiger partial charge in [-0.05, 0) is 32.5 Å². The van der Waals surface area contributed by atoms with Gasteiger partial charge < -0.3 is 11.1 Å². The van der Waals surface area contributed by atoms with Crippen molar-refractivity contribution >= 4 is 22.9 Å². The Morgan fingerprint density at radius 3 is 2.63 bits per heavy atom. The maximum absolute atomic E-state index is 12.2. The summed E-state index contributed by atoms with van der Waals surface area (Å²) >= 11 is 1.41. The molecule has 0 aliphatic heterocycles. The van der Waals surface area contributed by atoms with Gasteiger partial charge in [-0.2, -0.15) is 0 Å². The summed E-state index contributed by atoms with van der Waals surface area (Å²) in [5.74, 6) is -0.109. The number of nitrogens with two attached hydrogens (primary N) is 1. The number of hydrogen-bond acceptors (Lipinski definition) is 4. The molecule has 0 unspecified atom stereocenters. The zero-order valence-electron chi connectivity index (χ0n) is 11.1. The van der Waals surface area contributed by atoms with Gasteiger partial charge in [0.1, 0.15) is 4.88 Å². The fraction of sp³-hybridized carbons (Fsp3) is 0.286. The molecular weight excluding hydrogens is 258 g/mol. The van der Waals surface area contributed by atoms with E-state index in [2.05, 4.69) is 10.3 Å². The van der Waals surface area contributed by atoms with Crippen molar-refractivity contribution in [2.45, 2.75) is 20.3 Å². The van der Waals surface area contributed by atoms with Crippen LogP contribution in [0, 0.1) is 13.8 Å². The number of hydrogen-bond donors (Lipinski definition) is 2. The molecule has 0 aliphatic carbocycles. The zero-order valence-corrected chi connectivity index (χ0v) is 11.9. The SMILES string of the molecule is Cc1ccc(NC(=O)c2sc(CCN)nc2C)cc1. The Morgan fingerprint density at radius 1 is 1.32 bits per heavy atom. The van der Waals surface area contributed by atoms with Gasteiger partial charge in [0.15, 0.2) is 0 Å². The molecule has 19 heavy (non-hydrogen) atoms. The summed E-state index contributed by atoms with van der Waals surface area (Å²) in [6.45, 7) is 4.41. The van der Waals surface area contributed by atoms with E-state index in [1.807, 2.05) is 38.1 Å². The lowest BCUT2D eigenvalue weighted by Gasteiger charge is -2.04. The van der Waals surface area contributed by atoms with Crippen molar-refractivity contribution in [1.82, 2.24) is 4.98 Å². The van der Waals surface area contributed by atoms with Crippen LogP contribution >= 0.6 is 11.3 Å². The van der Waals surface area contributed by atoms with E-state index in [1.165, 1.54) is 11.3 Å². The number of amides is 1. The van der Waals surface area contributed by atoms with Crippen molar-refractivity contribution < 1.29 is 4.79 Å². The van der Waals surface area contributed by atoms with Crippen LogP contribution in [0.15, 0.2) is 24.3 Å². The van der Waals surface area contributed by atoms with Gasteiger partial charge in [-0.3, -0.25) is 4.79 Å². The van der Waals surface area contributed by atoms with Gasteiger partial charge in [0.05, 0.1) is 10.7 Å². The molecule has 0 saturated heterocycles. The Balaban J connectivity index is 2.13. The minimum Gasteiger partial charge on any atom is -0.330 e. The van der Waals surface area contributed by atoms with E-state index in [4.69, 9.17) is 5.73 Å². The summed E-state index contributed by atoms with van der Waals surface area (Å²) in [5, 5.41) is 3.79. The number of carbonyl (C=O) groups is 1. The van der Waals surface area contributed by atoms with E-state index in [0.29, 0.717) is 17.8 Å². The van der Waals surface area contributed by atoms with Crippen LogP contribution in [0.1, 0.15) is 25.9 Å². The number of anilines is 1. The largest absolute Gasteiger partial charge is 0.330 e. The minimum absolute atomic E-state index is 0.109. The zero-order chi connectivity index (χ0) is 13.8. The fourth-order valence-corrected chi connectivity index (χ4v) is 2.69. The fourth-order valence-electron chi connectivity index (χ4n) is 1.72. The molecule has 0 radical (unpaired) electrons. The van der Waals surface area contributed by atoms with Crippen LogP contribution in [0.25, 0.3) is 0 Å². The van der Waals surface area contributed by atoms with Gasteiger partial charge in [0.25, 0.3) is 5.91 Å². The summed E-state index contributed by atoms with van der Waals surface area (Å²) in [7, 11) is 0. The maximum atomic E-state index is 12.2. The van der Waals surface area contributed by atoms with Gasteiger partial charge in [0.2, 0.25) is 0 Å². The van der Waals surface area contributed by atoms with Gasteiger partial charge in [-0.25, -0.2) is 4.98 Å². The first-order valence-corrected chi connectivity index (χ1v) is 6.96. The summed E-state index contributed by atoms with van der Waals surface area (Å²) in [5.41, 5.74) is 8.22. The highest BCUT2D eigenvalue weighted by Crippen LogP contribution is 2.20. The molecule has 0 aliphatic rings. The minimum atomic E-state index is -0.109. The highest BCUT2D eigenvalue weighted by atomic mass is 32.1. The maximum Gasteiger partial charge on any atom is 0.267 e. The highest BCUT2D eigenvalue weighted by molar-refractivity contribution is 7.13. The van der Waals surface area contributed by atoms with Crippen molar-refractivity contribution in [2.75, 3.05) is 11.9 Å². The van der Waals surface area contributed by atoms with E-state index >= 15 is 0 Å². The normalized spacial score (nSPS) is 10.5. The van der Waals surface area contributed by atoms with Crippen molar-refractivity contribution in [3.05, 3.63) is 45.4 Å². The van der Waals surface area contributed by atoms with E-state index in [-0.39, 0.29) is 5.91 Å². The molecule has 5 heteroatoms. The van der Waals surface area contributed by atoms with Crippen molar-refractivity contribution in [1.29, 1.82) is 0 Å². The molecule has 0 saturated carbocycles. The average molecular weight is 275 g/mol. The third-order valence-corrected chi connectivity index (χ3v) is 3.93. The molecule has 2 aromatic rings. The van der Waals surface area contributed by atoms with Crippen LogP contribution in [0.4, 0.5) is 5.69 Å². The van der Waals surface area contributed by atoms with Crippen molar-refractivity contribution in [3.63, 3.8) is 0 Å². The third kappa shape index (κ3) is 3.39. The predicted octanol–water partition coefficient (Wildman–Crippen LogP) is 2.51. The second kappa shape index (κ2) is 5.95. The lowest BCUT2D eigenvalue weighted by atomic mass is 10.2. The average Bonchev–Trinajstić information content (AvgIpc) is 2.74. The number of rotatable bonds is 4. The summed E-state index contributed by atoms with van der Waals surface area (Å²) < 4.78 is 0. The molecule has 1 amide bonds. The number of benzene rings is 1. The molecule has 100 valence electrons. The third-order valence-electron chi connectivity index (χ3n) is 2.71.